The molecule has 3 rings (SSSR count). The molecule has 1 aromatic carbocycles. The maximum absolute atomic E-state index is 11.9. The topological polar surface area (TPSA) is 117 Å². The number of hydrogen-bond acceptors (Lipinski definition) is 7. The number of rotatable bonds is 4. The zero-order valence-electron chi connectivity index (χ0n) is 11.7. The summed E-state index contributed by atoms with van der Waals surface area (Å²) in [7, 11) is 0. The Hall–Kier alpha value is -2.78. The molecular formula is C13H7Cl2N5O4. The van der Waals surface area contributed by atoms with Gasteiger partial charge < -0.3 is 4.42 Å². The van der Waals surface area contributed by atoms with Gasteiger partial charge in [0, 0.05) is 17.7 Å². The molecule has 0 amide bonds. The van der Waals surface area contributed by atoms with Gasteiger partial charge in [-0.2, -0.15) is 5.10 Å². The molecule has 3 aromatic rings. The molecule has 0 aliphatic rings. The SMILES string of the molecule is O=c1c(Cl)c(Cl)cnn1Cc1nnc(-c2ccc([N+](=O)[O-])cc2)o1. The molecule has 0 aliphatic carbocycles. The highest BCUT2D eigenvalue weighted by Crippen LogP contribution is 2.21. The number of nitro groups is 1. The Morgan fingerprint density at radius 3 is 2.58 bits per heavy atom. The second-order valence-corrected chi connectivity index (χ2v) is 5.36. The highest BCUT2D eigenvalue weighted by molar-refractivity contribution is 6.41. The Balaban J connectivity index is 1.85. The molecule has 0 aliphatic heterocycles. The van der Waals surface area contributed by atoms with Crippen LogP contribution in [0.1, 0.15) is 5.89 Å². The molecule has 24 heavy (non-hydrogen) atoms. The van der Waals surface area contributed by atoms with Gasteiger partial charge in [-0.3, -0.25) is 14.9 Å². The van der Waals surface area contributed by atoms with Crippen molar-refractivity contribution in [3.63, 3.8) is 0 Å². The molecule has 2 heterocycles. The molecule has 0 fully saturated rings. The fourth-order valence-corrected chi connectivity index (χ4v) is 2.12. The van der Waals surface area contributed by atoms with E-state index < -0.39 is 10.5 Å². The number of hydrogen-bond donors (Lipinski definition) is 0. The molecule has 0 N–H and O–H groups in total. The quantitative estimate of drug-likeness (QED) is 0.513. The Morgan fingerprint density at radius 1 is 1.21 bits per heavy atom. The summed E-state index contributed by atoms with van der Waals surface area (Å²) in [6.07, 6.45) is 1.24. The first-order chi connectivity index (χ1) is 11.5. The summed E-state index contributed by atoms with van der Waals surface area (Å²) >= 11 is 11.5. The third-order valence-electron chi connectivity index (χ3n) is 3.02. The van der Waals surface area contributed by atoms with Crippen molar-refractivity contribution in [2.45, 2.75) is 6.54 Å². The predicted octanol–water partition coefficient (Wildman–Crippen LogP) is 2.56. The van der Waals surface area contributed by atoms with E-state index in [2.05, 4.69) is 15.3 Å². The normalized spacial score (nSPS) is 10.8. The Morgan fingerprint density at radius 2 is 1.92 bits per heavy atom. The van der Waals surface area contributed by atoms with Gasteiger partial charge in [0.1, 0.15) is 11.6 Å². The molecule has 0 atom stereocenters. The van der Waals surface area contributed by atoms with Crippen molar-refractivity contribution in [3.8, 4) is 11.5 Å². The van der Waals surface area contributed by atoms with Crippen molar-refractivity contribution in [1.29, 1.82) is 0 Å². The van der Waals surface area contributed by atoms with Crippen molar-refractivity contribution in [3.05, 3.63) is 66.9 Å². The van der Waals surface area contributed by atoms with Crippen LogP contribution in [0, 0.1) is 10.1 Å². The van der Waals surface area contributed by atoms with Gasteiger partial charge in [-0.05, 0) is 12.1 Å². The van der Waals surface area contributed by atoms with E-state index in [4.69, 9.17) is 27.6 Å². The lowest BCUT2D eigenvalue weighted by atomic mass is 10.2. The minimum Gasteiger partial charge on any atom is -0.419 e. The van der Waals surface area contributed by atoms with Gasteiger partial charge in [0.05, 0.1) is 16.1 Å². The van der Waals surface area contributed by atoms with Crippen molar-refractivity contribution in [2.75, 3.05) is 0 Å². The third-order valence-corrected chi connectivity index (χ3v) is 3.77. The molecule has 122 valence electrons. The van der Waals surface area contributed by atoms with Crippen molar-refractivity contribution >= 4 is 28.9 Å². The highest BCUT2D eigenvalue weighted by Gasteiger charge is 2.14. The number of benzene rings is 1. The summed E-state index contributed by atoms with van der Waals surface area (Å²) < 4.78 is 6.46. The van der Waals surface area contributed by atoms with Crippen LogP contribution in [-0.2, 0) is 6.54 Å². The van der Waals surface area contributed by atoms with Crippen LogP contribution < -0.4 is 5.56 Å². The standard InChI is InChI=1S/C13H7Cl2N5O4/c14-9-5-16-19(13(21)11(9)15)6-10-17-18-12(24-10)7-1-3-8(4-2-7)20(22)23/h1-5H,6H2. The van der Waals surface area contributed by atoms with E-state index in [1.807, 2.05) is 0 Å². The molecule has 0 saturated carbocycles. The molecular weight excluding hydrogens is 361 g/mol. The van der Waals surface area contributed by atoms with Crippen LogP contribution in [0.5, 0.6) is 0 Å². The monoisotopic (exact) mass is 367 g/mol. The van der Waals surface area contributed by atoms with Gasteiger partial charge >= 0.3 is 0 Å². The summed E-state index contributed by atoms with van der Waals surface area (Å²) in [6, 6.07) is 5.62. The molecule has 11 heteroatoms. The van der Waals surface area contributed by atoms with Crippen LogP contribution in [0.4, 0.5) is 5.69 Å². The number of aromatic nitrogens is 4. The minimum absolute atomic E-state index is 0.0509. The van der Waals surface area contributed by atoms with Crippen LogP contribution in [0.3, 0.4) is 0 Å². The van der Waals surface area contributed by atoms with E-state index in [9.17, 15) is 14.9 Å². The fraction of sp³-hybridized carbons (Fsp3) is 0.0769. The number of nitrogens with zero attached hydrogens (tertiary/aromatic N) is 5. The third kappa shape index (κ3) is 3.12. The van der Waals surface area contributed by atoms with E-state index in [1.54, 1.807) is 0 Å². The van der Waals surface area contributed by atoms with Crippen molar-refractivity contribution in [2.24, 2.45) is 0 Å². The van der Waals surface area contributed by atoms with Gasteiger partial charge in [0.2, 0.25) is 11.8 Å². The first-order valence-electron chi connectivity index (χ1n) is 6.44. The fourth-order valence-electron chi connectivity index (χ4n) is 1.85. The zero-order chi connectivity index (χ0) is 17.3. The van der Waals surface area contributed by atoms with Crippen LogP contribution in [0.25, 0.3) is 11.5 Å². The van der Waals surface area contributed by atoms with Crippen LogP contribution in [0.2, 0.25) is 10.0 Å². The molecule has 0 radical (unpaired) electrons. The van der Waals surface area contributed by atoms with E-state index >= 15 is 0 Å². The average molecular weight is 368 g/mol. The van der Waals surface area contributed by atoms with Crippen LogP contribution in [-0.4, -0.2) is 24.9 Å². The van der Waals surface area contributed by atoms with E-state index in [0.717, 1.165) is 4.68 Å². The smallest absolute Gasteiger partial charge is 0.287 e. The second kappa shape index (κ2) is 6.38. The summed E-state index contributed by atoms with van der Waals surface area (Å²) in [5, 5.41) is 22.0. The van der Waals surface area contributed by atoms with Gasteiger partial charge in [-0.15, -0.1) is 10.2 Å². The summed E-state index contributed by atoms with van der Waals surface area (Å²) in [5.74, 6) is 0.282. The Kier molecular flexibility index (Phi) is 4.28. The van der Waals surface area contributed by atoms with Crippen LogP contribution in [0.15, 0.2) is 39.7 Å². The van der Waals surface area contributed by atoms with Gasteiger partial charge in [0.25, 0.3) is 11.2 Å². The lowest BCUT2D eigenvalue weighted by Crippen LogP contribution is -2.23. The van der Waals surface area contributed by atoms with E-state index in [0.29, 0.717) is 5.56 Å². The number of nitro benzene ring substituents is 1. The van der Waals surface area contributed by atoms with E-state index in [1.165, 1.54) is 30.5 Å². The summed E-state index contributed by atoms with van der Waals surface area (Å²) in [6.45, 7) is -0.0876. The lowest BCUT2D eigenvalue weighted by Gasteiger charge is -2.01. The minimum atomic E-state index is -0.584. The Bertz CT molecular complexity index is 967. The van der Waals surface area contributed by atoms with Crippen LogP contribution >= 0.6 is 23.2 Å². The predicted molar refractivity (Wildman–Crippen MR) is 84.0 cm³/mol. The molecule has 0 spiro atoms. The molecule has 2 aromatic heterocycles. The number of halogens is 2. The summed E-state index contributed by atoms with van der Waals surface area (Å²) in [5.41, 5.74) is -0.127. The molecule has 0 unspecified atom stereocenters. The molecule has 0 saturated heterocycles. The highest BCUT2D eigenvalue weighted by atomic mass is 35.5. The summed E-state index contributed by atoms with van der Waals surface area (Å²) in [4.78, 5) is 22.0. The second-order valence-electron chi connectivity index (χ2n) is 4.57. The van der Waals surface area contributed by atoms with E-state index in [-0.39, 0.29) is 34.1 Å². The molecule has 9 nitrogen and oxygen atoms in total. The van der Waals surface area contributed by atoms with Gasteiger partial charge in [0.15, 0.2) is 0 Å². The lowest BCUT2D eigenvalue weighted by molar-refractivity contribution is -0.384. The Labute approximate surface area is 143 Å². The molecule has 0 bridgehead atoms. The van der Waals surface area contributed by atoms with Crippen molar-refractivity contribution < 1.29 is 9.34 Å². The van der Waals surface area contributed by atoms with Crippen molar-refractivity contribution in [1.82, 2.24) is 20.0 Å². The average Bonchev–Trinajstić information content (AvgIpc) is 3.04. The maximum atomic E-state index is 11.9. The zero-order valence-corrected chi connectivity index (χ0v) is 13.2. The van der Waals surface area contributed by atoms with Gasteiger partial charge in [-0.1, -0.05) is 23.2 Å². The maximum Gasteiger partial charge on any atom is 0.287 e. The first kappa shape index (κ1) is 16.1. The first-order valence-corrected chi connectivity index (χ1v) is 7.19. The number of non-ortho nitro benzene ring substituents is 1. The largest absolute Gasteiger partial charge is 0.419 e. The van der Waals surface area contributed by atoms with Gasteiger partial charge in [-0.25, -0.2) is 4.68 Å².